The molecule has 54 valence electrons. The van der Waals surface area contributed by atoms with Gasteiger partial charge in [-0.2, -0.15) is 0 Å². The molecule has 0 amide bonds. The smallest absolute Gasteiger partial charge is 0.148 e. The molecule has 3 heteroatoms. The molecule has 0 spiro atoms. The van der Waals surface area contributed by atoms with Gasteiger partial charge in [0.25, 0.3) is 0 Å². The van der Waals surface area contributed by atoms with Gasteiger partial charge < -0.3 is 9.62 Å². The zero-order valence-electron chi connectivity index (χ0n) is 5.74. The summed E-state index contributed by atoms with van der Waals surface area (Å²) in [6.45, 7) is 2.00. The van der Waals surface area contributed by atoms with Crippen LogP contribution in [0.5, 0.6) is 0 Å². The summed E-state index contributed by atoms with van der Waals surface area (Å²) < 4.78 is 5.16. The largest absolute Gasteiger partial charge is 0.460 e. The van der Waals surface area contributed by atoms with E-state index >= 15 is 0 Å². The second kappa shape index (κ2) is 3.06. The zero-order valence-corrected chi connectivity index (χ0v) is 5.74. The molecular formula is C7H9NO2. The van der Waals surface area contributed by atoms with Crippen LogP contribution < -0.4 is 0 Å². The molecule has 0 saturated carbocycles. The van der Waals surface area contributed by atoms with Gasteiger partial charge >= 0.3 is 0 Å². The van der Waals surface area contributed by atoms with Gasteiger partial charge in [-0.15, -0.1) is 0 Å². The molecule has 0 unspecified atom stereocenters. The van der Waals surface area contributed by atoms with Gasteiger partial charge in [0.1, 0.15) is 17.7 Å². The number of hydrogen-bond acceptors (Lipinski definition) is 3. The van der Waals surface area contributed by atoms with Crippen LogP contribution in [0.2, 0.25) is 0 Å². The van der Waals surface area contributed by atoms with Gasteiger partial charge in [-0.05, 0) is 12.1 Å². The highest BCUT2D eigenvalue weighted by atomic mass is 16.4. The van der Waals surface area contributed by atoms with Crippen molar-refractivity contribution in [2.45, 2.75) is 13.3 Å². The van der Waals surface area contributed by atoms with Crippen molar-refractivity contribution < 1.29 is 9.62 Å². The van der Waals surface area contributed by atoms with Gasteiger partial charge in [-0.25, -0.2) is 0 Å². The molecular weight excluding hydrogens is 130 g/mol. The van der Waals surface area contributed by atoms with E-state index in [-0.39, 0.29) is 0 Å². The highest BCUT2D eigenvalue weighted by Gasteiger charge is 1.95. The maximum atomic E-state index is 8.11. The molecule has 0 fully saturated rings. The minimum Gasteiger partial charge on any atom is -0.460 e. The van der Waals surface area contributed by atoms with Crippen LogP contribution in [-0.2, 0) is 6.42 Å². The van der Waals surface area contributed by atoms with Crippen molar-refractivity contribution in [2.75, 3.05) is 0 Å². The number of furan rings is 1. The number of nitrogens with zero attached hydrogens (tertiary/aromatic N) is 1. The van der Waals surface area contributed by atoms with E-state index in [9.17, 15) is 0 Å². The van der Waals surface area contributed by atoms with Gasteiger partial charge in [0.05, 0.1) is 0 Å². The maximum Gasteiger partial charge on any atom is 0.148 e. The Hall–Kier alpha value is -1.25. The van der Waals surface area contributed by atoms with Crippen molar-refractivity contribution >= 4 is 6.21 Å². The Morgan fingerprint density at radius 3 is 3.00 bits per heavy atom. The Labute approximate surface area is 59.0 Å². The SMILES string of the molecule is CCc1ccc(/C=N\O)o1. The minimum atomic E-state index is 0.583. The van der Waals surface area contributed by atoms with Crippen LogP contribution in [-0.4, -0.2) is 11.4 Å². The lowest BCUT2D eigenvalue weighted by atomic mass is 10.4. The first-order valence-corrected chi connectivity index (χ1v) is 3.13. The van der Waals surface area contributed by atoms with Crippen molar-refractivity contribution in [1.82, 2.24) is 0 Å². The normalized spacial score (nSPS) is 10.9. The number of aryl methyl sites for hydroxylation is 1. The molecule has 1 heterocycles. The average molecular weight is 139 g/mol. The summed E-state index contributed by atoms with van der Waals surface area (Å²) in [5, 5.41) is 10.9. The third kappa shape index (κ3) is 1.37. The molecule has 10 heavy (non-hydrogen) atoms. The van der Waals surface area contributed by atoms with Gasteiger partial charge in [0.15, 0.2) is 0 Å². The molecule has 1 aromatic rings. The fourth-order valence-electron chi connectivity index (χ4n) is 0.711. The highest BCUT2D eigenvalue weighted by molar-refractivity contribution is 5.75. The molecule has 1 aromatic heterocycles. The average Bonchev–Trinajstić information content (AvgIpc) is 2.37. The Morgan fingerprint density at radius 2 is 2.50 bits per heavy atom. The van der Waals surface area contributed by atoms with Gasteiger partial charge in [0.2, 0.25) is 0 Å². The van der Waals surface area contributed by atoms with Gasteiger partial charge in [-0.3, -0.25) is 0 Å². The van der Waals surface area contributed by atoms with Crippen LogP contribution in [0, 0.1) is 0 Å². The summed E-state index contributed by atoms with van der Waals surface area (Å²) in [6.07, 6.45) is 2.12. The topological polar surface area (TPSA) is 45.7 Å². The molecule has 0 aromatic carbocycles. The van der Waals surface area contributed by atoms with Crippen molar-refractivity contribution in [1.29, 1.82) is 0 Å². The summed E-state index contributed by atoms with van der Waals surface area (Å²) >= 11 is 0. The van der Waals surface area contributed by atoms with E-state index in [2.05, 4.69) is 5.16 Å². The van der Waals surface area contributed by atoms with Gasteiger partial charge in [-0.1, -0.05) is 12.1 Å². The molecule has 1 N–H and O–H groups in total. The fraction of sp³-hybridized carbons (Fsp3) is 0.286. The Kier molecular flexibility index (Phi) is 2.10. The summed E-state index contributed by atoms with van der Waals surface area (Å²) in [6, 6.07) is 3.62. The lowest BCUT2D eigenvalue weighted by Crippen LogP contribution is -1.73. The first-order valence-electron chi connectivity index (χ1n) is 3.13. The van der Waals surface area contributed by atoms with E-state index in [1.54, 1.807) is 6.07 Å². The van der Waals surface area contributed by atoms with Crippen molar-refractivity contribution in [3.8, 4) is 0 Å². The molecule has 0 aliphatic carbocycles. The van der Waals surface area contributed by atoms with Crippen LogP contribution in [0.4, 0.5) is 0 Å². The summed E-state index contributed by atoms with van der Waals surface area (Å²) in [7, 11) is 0. The molecule has 0 radical (unpaired) electrons. The maximum absolute atomic E-state index is 8.11. The van der Waals surface area contributed by atoms with Crippen molar-refractivity contribution in [3.63, 3.8) is 0 Å². The van der Waals surface area contributed by atoms with Crippen LogP contribution in [0.25, 0.3) is 0 Å². The lowest BCUT2D eigenvalue weighted by molar-refractivity contribution is 0.320. The quantitative estimate of drug-likeness (QED) is 0.384. The Bertz CT molecular complexity index is 227. The predicted octanol–water partition coefficient (Wildman–Crippen LogP) is 1.65. The van der Waals surface area contributed by atoms with Crippen LogP contribution in [0.3, 0.4) is 0 Å². The summed E-state index contributed by atoms with van der Waals surface area (Å²) in [4.78, 5) is 0. The molecule has 3 nitrogen and oxygen atoms in total. The zero-order chi connectivity index (χ0) is 7.40. The number of oxime groups is 1. The van der Waals surface area contributed by atoms with Gasteiger partial charge in [0, 0.05) is 6.42 Å². The van der Waals surface area contributed by atoms with E-state index in [0.717, 1.165) is 12.2 Å². The van der Waals surface area contributed by atoms with Crippen LogP contribution in [0.15, 0.2) is 21.7 Å². The Morgan fingerprint density at radius 1 is 1.70 bits per heavy atom. The second-order valence-corrected chi connectivity index (χ2v) is 1.90. The monoisotopic (exact) mass is 139 g/mol. The molecule has 0 bridgehead atoms. The van der Waals surface area contributed by atoms with E-state index in [4.69, 9.17) is 9.62 Å². The van der Waals surface area contributed by atoms with Crippen molar-refractivity contribution in [2.24, 2.45) is 5.16 Å². The number of hydrogen-bond donors (Lipinski definition) is 1. The Balaban J connectivity index is 2.78. The standard InChI is InChI=1S/C7H9NO2/c1-2-6-3-4-7(10-6)5-8-9/h3-5,9H,2H2,1H3/b8-5-. The van der Waals surface area contributed by atoms with Crippen LogP contribution in [0.1, 0.15) is 18.4 Å². The van der Waals surface area contributed by atoms with Crippen molar-refractivity contribution in [3.05, 3.63) is 23.7 Å². The highest BCUT2D eigenvalue weighted by Crippen LogP contribution is 2.05. The molecule has 0 aliphatic rings. The third-order valence-corrected chi connectivity index (χ3v) is 1.22. The summed E-state index contributed by atoms with van der Waals surface area (Å²) in [5.41, 5.74) is 0. The second-order valence-electron chi connectivity index (χ2n) is 1.90. The number of rotatable bonds is 2. The predicted molar refractivity (Wildman–Crippen MR) is 37.5 cm³/mol. The molecule has 0 saturated heterocycles. The van der Waals surface area contributed by atoms with E-state index in [0.29, 0.717) is 5.76 Å². The first kappa shape index (κ1) is 6.86. The van der Waals surface area contributed by atoms with E-state index in [1.807, 2.05) is 13.0 Å². The minimum absolute atomic E-state index is 0.583. The molecule has 0 aliphatic heterocycles. The van der Waals surface area contributed by atoms with E-state index in [1.165, 1.54) is 6.21 Å². The fourth-order valence-corrected chi connectivity index (χ4v) is 0.711. The van der Waals surface area contributed by atoms with Crippen LogP contribution >= 0.6 is 0 Å². The lowest BCUT2D eigenvalue weighted by Gasteiger charge is -1.84. The first-order chi connectivity index (χ1) is 4.86. The third-order valence-electron chi connectivity index (χ3n) is 1.22. The van der Waals surface area contributed by atoms with E-state index < -0.39 is 0 Å². The summed E-state index contributed by atoms with van der Waals surface area (Å²) in [5.74, 6) is 1.48. The molecule has 0 atom stereocenters. The molecule has 1 rings (SSSR count).